The van der Waals surface area contributed by atoms with Crippen LogP contribution >= 0.6 is 0 Å². The van der Waals surface area contributed by atoms with Crippen LogP contribution in [-0.4, -0.2) is 29.8 Å². The highest BCUT2D eigenvalue weighted by atomic mass is 16.2. The highest BCUT2D eigenvalue weighted by Gasteiger charge is 2.29. The Morgan fingerprint density at radius 2 is 1.27 bits per heavy atom. The summed E-state index contributed by atoms with van der Waals surface area (Å²) in [5, 5.41) is 2.75. The average molecular weight is 401 g/mol. The van der Waals surface area contributed by atoms with Crippen molar-refractivity contribution in [2.45, 2.75) is 31.8 Å². The van der Waals surface area contributed by atoms with Crippen LogP contribution in [0.1, 0.15) is 23.1 Å². The third-order valence-corrected chi connectivity index (χ3v) is 5.18. The number of nitrogens with zero attached hydrogens (tertiary/aromatic N) is 1. The highest BCUT2D eigenvalue weighted by Crippen LogP contribution is 2.16. The maximum atomic E-state index is 13.3. The van der Waals surface area contributed by atoms with Gasteiger partial charge in [0.25, 0.3) is 0 Å². The Hall–Kier alpha value is -3.40. The van der Waals surface area contributed by atoms with E-state index in [0.29, 0.717) is 25.8 Å². The second kappa shape index (κ2) is 11.0. The van der Waals surface area contributed by atoms with Crippen molar-refractivity contribution < 1.29 is 9.59 Å². The lowest BCUT2D eigenvalue weighted by Gasteiger charge is -2.31. The minimum atomic E-state index is -0.569. The maximum absolute atomic E-state index is 13.3. The van der Waals surface area contributed by atoms with Gasteiger partial charge in [0.05, 0.1) is 0 Å². The van der Waals surface area contributed by atoms with Crippen LogP contribution in [0.4, 0.5) is 0 Å². The van der Waals surface area contributed by atoms with Crippen molar-refractivity contribution in [1.29, 1.82) is 0 Å². The molecule has 0 aromatic heterocycles. The molecule has 3 aromatic carbocycles. The quantitative estimate of drug-likeness (QED) is 0.590. The number of nitrogens with one attached hydrogen (secondary N) is 1. The largest absolute Gasteiger partial charge is 0.357 e. The lowest BCUT2D eigenvalue weighted by molar-refractivity contribution is -0.141. The van der Waals surface area contributed by atoms with E-state index in [9.17, 15) is 9.59 Å². The fraction of sp³-hybridized carbons (Fsp3) is 0.231. The van der Waals surface area contributed by atoms with Crippen molar-refractivity contribution in [1.82, 2.24) is 10.2 Å². The number of hydrogen-bond donors (Lipinski definition) is 1. The molecule has 154 valence electrons. The van der Waals surface area contributed by atoms with Gasteiger partial charge in [-0.2, -0.15) is 0 Å². The third kappa shape index (κ3) is 6.05. The van der Waals surface area contributed by atoms with Gasteiger partial charge in [0.15, 0.2) is 0 Å². The van der Waals surface area contributed by atoms with Crippen LogP contribution in [0.15, 0.2) is 91.0 Å². The van der Waals surface area contributed by atoms with Crippen molar-refractivity contribution in [3.05, 3.63) is 108 Å². The van der Waals surface area contributed by atoms with Crippen LogP contribution in [0.3, 0.4) is 0 Å². The van der Waals surface area contributed by atoms with E-state index in [4.69, 9.17) is 0 Å². The topological polar surface area (TPSA) is 49.4 Å². The lowest BCUT2D eigenvalue weighted by Crippen LogP contribution is -2.49. The first-order valence-corrected chi connectivity index (χ1v) is 10.3. The molecule has 0 aliphatic rings. The second-order valence-corrected chi connectivity index (χ2v) is 7.31. The van der Waals surface area contributed by atoms with Gasteiger partial charge in [0, 0.05) is 26.4 Å². The summed E-state index contributed by atoms with van der Waals surface area (Å²) >= 11 is 0. The van der Waals surface area contributed by atoms with Crippen LogP contribution in [0.5, 0.6) is 0 Å². The molecular weight excluding hydrogens is 372 g/mol. The van der Waals surface area contributed by atoms with Crippen molar-refractivity contribution in [3.63, 3.8) is 0 Å². The van der Waals surface area contributed by atoms with Crippen molar-refractivity contribution in [2.24, 2.45) is 0 Å². The molecule has 0 heterocycles. The highest BCUT2D eigenvalue weighted by molar-refractivity contribution is 5.88. The molecule has 1 atom stereocenters. The minimum absolute atomic E-state index is 0.0211. The minimum Gasteiger partial charge on any atom is -0.357 e. The number of amides is 2. The van der Waals surface area contributed by atoms with Gasteiger partial charge in [-0.05, 0) is 23.1 Å². The molecule has 30 heavy (non-hydrogen) atoms. The van der Waals surface area contributed by atoms with Gasteiger partial charge in [-0.1, -0.05) is 91.0 Å². The van der Waals surface area contributed by atoms with Gasteiger partial charge in [-0.25, -0.2) is 0 Å². The summed E-state index contributed by atoms with van der Waals surface area (Å²) in [4.78, 5) is 27.9. The summed E-state index contributed by atoms with van der Waals surface area (Å²) in [6, 6.07) is 29.1. The maximum Gasteiger partial charge on any atom is 0.242 e. The van der Waals surface area contributed by atoms with Crippen molar-refractivity contribution >= 4 is 11.8 Å². The molecule has 0 fully saturated rings. The molecule has 4 heteroatoms. The van der Waals surface area contributed by atoms with Crippen molar-refractivity contribution in [3.8, 4) is 0 Å². The van der Waals surface area contributed by atoms with Crippen LogP contribution in [0.25, 0.3) is 0 Å². The Kier molecular flexibility index (Phi) is 7.78. The van der Waals surface area contributed by atoms with E-state index in [2.05, 4.69) is 5.32 Å². The first-order chi connectivity index (χ1) is 14.7. The Balaban J connectivity index is 1.84. The Bertz CT molecular complexity index is 927. The number of carbonyl (C=O) groups is 2. The standard InChI is InChI=1S/C26H28N2O2/c1-27-26(30)24(19-22-13-7-3-8-14-22)28(20-23-15-9-4-10-16-23)25(29)18-17-21-11-5-2-6-12-21/h2-16,24H,17-20H2,1H3,(H,27,30). The monoisotopic (exact) mass is 400 g/mol. The summed E-state index contributed by atoms with van der Waals surface area (Å²) in [5.41, 5.74) is 3.15. The summed E-state index contributed by atoms with van der Waals surface area (Å²) in [5.74, 6) is -0.171. The van der Waals surface area contributed by atoms with E-state index in [0.717, 1.165) is 16.7 Å². The lowest BCUT2D eigenvalue weighted by atomic mass is 10.0. The number of benzene rings is 3. The molecule has 0 aliphatic carbocycles. The molecular formula is C26H28N2O2. The zero-order valence-corrected chi connectivity index (χ0v) is 17.3. The van der Waals surface area contributed by atoms with Gasteiger partial charge >= 0.3 is 0 Å². The average Bonchev–Trinajstić information content (AvgIpc) is 2.81. The van der Waals surface area contributed by atoms with Gasteiger partial charge in [-0.15, -0.1) is 0 Å². The van der Waals surface area contributed by atoms with E-state index in [1.165, 1.54) is 0 Å². The summed E-state index contributed by atoms with van der Waals surface area (Å²) < 4.78 is 0. The molecule has 0 saturated carbocycles. The van der Waals surface area contributed by atoms with Gasteiger partial charge in [0.2, 0.25) is 11.8 Å². The molecule has 4 nitrogen and oxygen atoms in total. The summed E-state index contributed by atoms with van der Waals surface area (Å²) in [6.45, 7) is 0.402. The molecule has 3 rings (SSSR count). The number of carbonyl (C=O) groups excluding carboxylic acids is 2. The van der Waals surface area contributed by atoms with Gasteiger partial charge < -0.3 is 10.2 Å². The molecule has 0 spiro atoms. The fourth-order valence-corrected chi connectivity index (χ4v) is 3.54. The Morgan fingerprint density at radius 3 is 1.80 bits per heavy atom. The van der Waals surface area contributed by atoms with Gasteiger partial charge in [0.1, 0.15) is 6.04 Å². The van der Waals surface area contributed by atoms with E-state index in [-0.39, 0.29) is 11.8 Å². The molecule has 0 radical (unpaired) electrons. The number of rotatable bonds is 9. The summed E-state index contributed by atoms with van der Waals surface area (Å²) in [7, 11) is 1.62. The Labute approximate surface area is 178 Å². The Morgan fingerprint density at radius 1 is 0.767 bits per heavy atom. The number of aryl methyl sites for hydroxylation is 1. The van der Waals surface area contributed by atoms with Gasteiger partial charge in [-0.3, -0.25) is 9.59 Å². The van der Waals surface area contributed by atoms with Crippen LogP contribution in [0, 0.1) is 0 Å². The van der Waals surface area contributed by atoms with E-state index in [1.807, 2.05) is 91.0 Å². The van der Waals surface area contributed by atoms with Crippen LogP contribution in [-0.2, 0) is 29.0 Å². The smallest absolute Gasteiger partial charge is 0.242 e. The fourth-order valence-electron chi connectivity index (χ4n) is 3.54. The molecule has 1 N–H and O–H groups in total. The predicted molar refractivity (Wildman–Crippen MR) is 120 cm³/mol. The van der Waals surface area contributed by atoms with E-state index in [1.54, 1.807) is 11.9 Å². The summed E-state index contributed by atoms with van der Waals surface area (Å²) in [6.07, 6.45) is 1.49. The number of likely N-dealkylation sites (N-methyl/N-ethyl adjacent to an activating group) is 1. The zero-order valence-electron chi connectivity index (χ0n) is 17.3. The molecule has 3 aromatic rings. The van der Waals surface area contributed by atoms with E-state index < -0.39 is 6.04 Å². The SMILES string of the molecule is CNC(=O)C(Cc1ccccc1)N(Cc1ccccc1)C(=O)CCc1ccccc1. The van der Waals surface area contributed by atoms with Crippen LogP contribution < -0.4 is 5.32 Å². The second-order valence-electron chi connectivity index (χ2n) is 7.31. The third-order valence-electron chi connectivity index (χ3n) is 5.18. The molecule has 2 amide bonds. The first kappa shape index (κ1) is 21.3. The van der Waals surface area contributed by atoms with E-state index >= 15 is 0 Å². The molecule has 1 unspecified atom stereocenters. The first-order valence-electron chi connectivity index (χ1n) is 10.3. The predicted octanol–water partition coefficient (Wildman–Crippen LogP) is 4.01. The zero-order chi connectivity index (χ0) is 21.2. The normalized spacial score (nSPS) is 11.5. The molecule has 0 saturated heterocycles. The van der Waals surface area contributed by atoms with Crippen LogP contribution in [0.2, 0.25) is 0 Å². The number of hydrogen-bond acceptors (Lipinski definition) is 2. The van der Waals surface area contributed by atoms with Crippen molar-refractivity contribution in [2.75, 3.05) is 7.05 Å². The molecule has 0 bridgehead atoms. The molecule has 0 aliphatic heterocycles.